The molecule has 7 heteroatoms. The van der Waals surface area contributed by atoms with Crippen molar-refractivity contribution < 1.29 is 24.2 Å². The molecule has 2 N–H and O–H groups in total. The largest absolute Gasteiger partial charge is 0.497 e. The van der Waals surface area contributed by atoms with E-state index >= 15 is 0 Å². The molecule has 0 bridgehead atoms. The third-order valence-electron chi connectivity index (χ3n) is 3.47. The van der Waals surface area contributed by atoms with Gasteiger partial charge in [0, 0.05) is 0 Å². The Balaban J connectivity index is 2.31. The summed E-state index contributed by atoms with van der Waals surface area (Å²) in [7, 11) is 1.52. The topological polar surface area (TPSA) is 95.9 Å². The first-order valence-corrected chi connectivity index (χ1v) is 6.31. The molecule has 1 aliphatic heterocycles. The van der Waals surface area contributed by atoms with Gasteiger partial charge in [-0.15, -0.1) is 0 Å². The highest BCUT2D eigenvalue weighted by Gasteiger charge is 2.50. The molecular weight excluding hydrogens is 276 g/mol. The lowest BCUT2D eigenvalue weighted by Crippen LogP contribution is -2.53. The summed E-state index contributed by atoms with van der Waals surface area (Å²) < 4.78 is 5.03. The average molecular weight is 292 g/mol. The van der Waals surface area contributed by atoms with E-state index in [1.807, 2.05) is 0 Å². The lowest BCUT2D eigenvalue weighted by atomic mass is 10.0. The van der Waals surface area contributed by atoms with Crippen LogP contribution in [-0.2, 0) is 9.59 Å². The molecule has 1 atom stereocenters. The van der Waals surface area contributed by atoms with Gasteiger partial charge in [0.2, 0.25) is 0 Å². The molecule has 1 fully saturated rings. The molecule has 1 saturated heterocycles. The molecule has 0 aliphatic carbocycles. The fraction of sp³-hybridized carbons (Fsp3) is 0.357. The first-order chi connectivity index (χ1) is 9.78. The number of carboxylic acids is 1. The number of carbonyl (C=O) groups excluding carboxylic acids is 2. The minimum absolute atomic E-state index is 0.567. The number of aliphatic carboxylic acids is 1. The predicted molar refractivity (Wildman–Crippen MR) is 72.8 cm³/mol. The summed E-state index contributed by atoms with van der Waals surface area (Å²) in [6.45, 7) is 2.62. The Kier molecular flexibility index (Phi) is 3.59. The van der Waals surface area contributed by atoms with Crippen molar-refractivity contribution in [3.8, 4) is 5.75 Å². The molecule has 0 saturated carbocycles. The zero-order chi connectivity index (χ0) is 15.8. The summed E-state index contributed by atoms with van der Waals surface area (Å²) in [4.78, 5) is 36.3. The van der Waals surface area contributed by atoms with Crippen molar-refractivity contribution in [1.29, 1.82) is 0 Å². The van der Waals surface area contributed by atoms with Crippen LogP contribution in [0.25, 0.3) is 0 Å². The Morgan fingerprint density at radius 2 is 1.86 bits per heavy atom. The van der Waals surface area contributed by atoms with Crippen molar-refractivity contribution >= 4 is 17.9 Å². The van der Waals surface area contributed by atoms with Crippen molar-refractivity contribution in [3.63, 3.8) is 0 Å². The van der Waals surface area contributed by atoms with E-state index in [-0.39, 0.29) is 0 Å². The Morgan fingerprint density at radius 1 is 1.29 bits per heavy atom. The normalized spacial score (nSPS) is 18.6. The smallest absolute Gasteiger partial charge is 0.329 e. The fourth-order valence-electron chi connectivity index (χ4n) is 2.13. The lowest BCUT2D eigenvalue weighted by Gasteiger charge is -2.28. The number of nitrogens with one attached hydrogen (secondary N) is 1. The maximum atomic E-state index is 12.4. The first kappa shape index (κ1) is 14.8. The van der Waals surface area contributed by atoms with Gasteiger partial charge in [-0.05, 0) is 31.5 Å². The van der Waals surface area contributed by atoms with E-state index < -0.39 is 29.5 Å². The number of urea groups is 1. The Bertz CT molecular complexity index is 594. The molecule has 2 rings (SSSR count). The van der Waals surface area contributed by atoms with E-state index in [0.29, 0.717) is 11.3 Å². The van der Waals surface area contributed by atoms with Crippen molar-refractivity contribution in [2.75, 3.05) is 7.11 Å². The summed E-state index contributed by atoms with van der Waals surface area (Å²) in [6.07, 6.45) is 0. The van der Waals surface area contributed by atoms with Gasteiger partial charge in [0.1, 0.15) is 17.3 Å². The van der Waals surface area contributed by atoms with Crippen LogP contribution in [0.15, 0.2) is 24.3 Å². The number of hydrogen-bond acceptors (Lipinski definition) is 4. The van der Waals surface area contributed by atoms with Crippen LogP contribution in [0.4, 0.5) is 4.79 Å². The van der Waals surface area contributed by atoms with Gasteiger partial charge in [0.05, 0.1) is 7.11 Å². The molecule has 3 amide bonds. The quantitative estimate of drug-likeness (QED) is 0.812. The minimum atomic E-state index is -1.61. The minimum Gasteiger partial charge on any atom is -0.497 e. The van der Waals surface area contributed by atoms with Crippen LogP contribution in [0.2, 0.25) is 0 Å². The summed E-state index contributed by atoms with van der Waals surface area (Å²) in [6, 6.07) is 5.03. The van der Waals surface area contributed by atoms with Gasteiger partial charge in [-0.1, -0.05) is 12.1 Å². The highest BCUT2D eigenvalue weighted by Crippen LogP contribution is 2.29. The maximum Gasteiger partial charge on any atom is 0.329 e. The molecule has 0 aromatic heterocycles. The van der Waals surface area contributed by atoms with Crippen LogP contribution in [0.1, 0.15) is 25.5 Å². The molecule has 7 nitrogen and oxygen atoms in total. The van der Waals surface area contributed by atoms with Crippen LogP contribution in [0.3, 0.4) is 0 Å². The molecule has 112 valence electrons. The zero-order valence-corrected chi connectivity index (χ0v) is 11.9. The molecule has 21 heavy (non-hydrogen) atoms. The number of benzene rings is 1. The third-order valence-corrected chi connectivity index (χ3v) is 3.47. The van der Waals surface area contributed by atoms with Crippen LogP contribution in [0.5, 0.6) is 5.75 Å². The van der Waals surface area contributed by atoms with Gasteiger partial charge in [0.15, 0.2) is 0 Å². The van der Waals surface area contributed by atoms with Crippen molar-refractivity contribution in [1.82, 2.24) is 10.2 Å². The molecule has 0 radical (unpaired) electrons. The van der Waals surface area contributed by atoms with Gasteiger partial charge in [-0.2, -0.15) is 0 Å². The van der Waals surface area contributed by atoms with Gasteiger partial charge in [0.25, 0.3) is 5.91 Å². The molecule has 1 heterocycles. The summed E-state index contributed by atoms with van der Waals surface area (Å²) in [5, 5.41) is 11.7. The van der Waals surface area contributed by atoms with Crippen LogP contribution < -0.4 is 10.1 Å². The molecular formula is C14H16N2O5. The zero-order valence-electron chi connectivity index (χ0n) is 11.9. The first-order valence-electron chi connectivity index (χ1n) is 6.31. The SMILES string of the molecule is COc1ccc(C2NC(=O)N(C(C)(C)C(=O)O)C2=O)cc1. The second-order valence-corrected chi connectivity index (χ2v) is 5.19. The van der Waals surface area contributed by atoms with E-state index in [0.717, 1.165) is 4.90 Å². The number of amides is 3. The number of imide groups is 1. The molecule has 1 aromatic rings. The van der Waals surface area contributed by atoms with Crippen molar-refractivity contribution in [2.45, 2.75) is 25.4 Å². The Hall–Kier alpha value is -2.57. The standard InChI is InChI=1S/C14H16N2O5/c1-14(2,12(18)19)16-11(17)10(15-13(16)20)8-4-6-9(21-3)7-5-8/h4-7,10H,1-3H3,(H,15,20)(H,18,19). The lowest BCUT2D eigenvalue weighted by molar-refractivity contribution is -0.152. The van der Waals surface area contributed by atoms with Crippen LogP contribution in [0, 0.1) is 0 Å². The third kappa shape index (κ3) is 2.42. The Labute approximate surface area is 121 Å². The number of carboxylic acid groups (broad SMARTS) is 1. The van der Waals surface area contributed by atoms with Gasteiger partial charge >= 0.3 is 12.0 Å². The molecule has 1 aromatic carbocycles. The summed E-state index contributed by atoms with van der Waals surface area (Å²) in [5.74, 6) is -1.21. The number of methoxy groups -OCH3 is 1. The monoisotopic (exact) mass is 292 g/mol. The van der Waals surface area contributed by atoms with E-state index in [9.17, 15) is 19.5 Å². The number of nitrogens with zero attached hydrogens (tertiary/aromatic N) is 1. The van der Waals surface area contributed by atoms with Crippen molar-refractivity contribution in [3.05, 3.63) is 29.8 Å². The highest BCUT2D eigenvalue weighted by atomic mass is 16.5. The Morgan fingerprint density at radius 3 is 2.33 bits per heavy atom. The highest BCUT2D eigenvalue weighted by molar-refractivity contribution is 6.08. The van der Waals surface area contributed by atoms with Crippen LogP contribution >= 0.6 is 0 Å². The summed E-state index contributed by atoms with van der Waals surface area (Å²) in [5.41, 5.74) is -1.04. The number of rotatable bonds is 4. The molecule has 0 spiro atoms. The van der Waals surface area contributed by atoms with Gasteiger partial charge < -0.3 is 15.2 Å². The molecule has 1 aliphatic rings. The fourth-order valence-corrected chi connectivity index (χ4v) is 2.13. The average Bonchev–Trinajstić information content (AvgIpc) is 2.74. The molecule has 1 unspecified atom stereocenters. The predicted octanol–water partition coefficient (Wildman–Crippen LogP) is 1.15. The van der Waals surface area contributed by atoms with Gasteiger partial charge in [-0.3, -0.25) is 4.79 Å². The van der Waals surface area contributed by atoms with Gasteiger partial charge in [-0.25, -0.2) is 14.5 Å². The van der Waals surface area contributed by atoms with Crippen molar-refractivity contribution in [2.24, 2.45) is 0 Å². The van der Waals surface area contributed by atoms with E-state index in [4.69, 9.17) is 4.74 Å². The number of ether oxygens (including phenoxy) is 1. The van der Waals surface area contributed by atoms with E-state index in [2.05, 4.69) is 5.32 Å². The van der Waals surface area contributed by atoms with Crippen LogP contribution in [-0.4, -0.2) is 40.6 Å². The van der Waals surface area contributed by atoms with E-state index in [1.165, 1.54) is 21.0 Å². The summed E-state index contributed by atoms with van der Waals surface area (Å²) >= 11 is 0. The second kappa shape index (κ2) is 5.08. The second-order valence-electron chi connectivity index (χ2n) is 5.19. The van der Waals surface area contributed by atoms with E-state index in [1.54, 1.807) is 24.3 Å². The number of hydrogen-bond donors (Lipinski definition) is 2. The number of carbonyl (C=O) groups is 3. The maximum absolute atomic E-state index is 12.4.